The molecule has 0 saturated heterocycles. The van der Waals surface area contributed by atoms with Gasteiger partial charge in [-0.25, -0.2) is 0 Å². The Morgan fingerprint density at radius 1 is 1.18 bits per heavy atom. The molecule has 0 aliphatic heterocycles. The molecule has 0 aromatic carbocycles. The van der Waals surface area contributed by atoms with E-state index in [-0.39, 0.29) is 24.5 Å². The van der Waals surface area contributed by atoms with Gasteiger partial charge in [-0.2, -0.15) is 0 Å². The van der Waals surface area contributed by atoms with Gasteiger partial charge in [0, 0.05) is 12.5 Å². The van der Waals surface area contributed by atoms with Crippen LogP contribution in [0.3, 0.4) is 0 Å². The molecule has 0 unspecified atom stereocenters. The van der Waals surface area contributed by atoms with Crippen molar-refractivity contribution in [1.29, 1.82) is 0 Å². The van der Waals surface area contributed by atoms with Crippen molar-refractivity contribution in [3.8, 4) is 0 Å². The van der Waals surface area contributed by atoms with Gasteiger partial charge in [0.2, 0.25) is 5.91 Å². The molecule has 100 valence electrons. The maximum Gasteiger partial charge on any atom is 0.325 e. The Morgan fingerprint density at radius 3 is 2.18 bits per heavy atom. The van der Waals surface area contributed by atoms with Crippen LogP contribution in [0.25, 0.3) is 0 Å². The number of rotatable bonds is 7. The van der Waals surface area contributed by atoms with E-state index in [0.29, 0.717) is 18.9 Å². The minimum Gasteiger partial charge on any atom is -0.465 e. The molecule has 0 radical (unpaired) electrons. The number of nitrogens with zero attached hydrogens (tertiary/aromatic N) is 1. The number of esters is 1. The van der Waals surface area contributed by atoms with Crippen LogP contribution < -0.4 is 0 Å². The molecule has 0 saturated carbocycles. The first-order valence-corrected chi connectivity index (χ1v) is 6.33. The van der Waals surface area contributed by atoms with E-state index in [2.05, 4.69) is 13.8 Å². The van der Waals surface area contributed by atoms with Gasteiger partial charge in [0.1, 0.15) is 6.54 Å². The van der Waals surface area contributed by atoms with Crippen molar-refractivity contribution in [1.82, 2.24) is 4.90 Å². The zero-order chi connectivity index (χ0) is 13.4. The van der Waals surface area contributed by atoms with E-state index in [9.17, 15) is 9.59 Å². The average Bonchev–Trinajstić information content (AvgIpc) is 2.22. The summed E-state index contributed by atoms with van der Waals surface area (Å²) >= 11 is 0. The normalized spacial score (nSPS) is 10.8. The first-order valence-electron chi connectivity index (χ1n) is 6.33. The second-order valence-electron chi connectivity index (χ2n) is 4.85. The van der Waals surface area contributed by atoms with Crippen LogP contribution in [0.5, 0.6) is 0 Å². The van der Waals surface area contributed by atoms with Crippen molar-refractivity contribution in [3.05, 3.63) is 0 Å². The lowest BCUT2D eigenvalue weighted by atomic mass is 10.1. The lowest BCUT2D eigenvalue weighted by molar-refractivity contribution is -0.150. The third-order valence-electron chi connectivity index (χ3n) is 2.48. The largest absolute Gasteiger partial charge is 0.465 e. The van der Waals surface area contributed by atoms with Gasteiger partial charge in [0.25, 0.3) is 0 Å². The predicted octanol–water partition coefficient (Wildman–Crippen LogP) is 2.22. The van der Waals surface area contributed by atoms with Gasteiger partial charge in [-0.05, 0) is 33.1 Å². The monoisotopic (exact) mass is 243 g/mol. The predicted molar refractivity (Wildman–Crippen MR) is 67.6 cm³/mol. The minimum absolute atomic E-state index is 0.0269. The fourth-order valence-electron chi connectivity index (χ4n) is 1.46. The smallest absolute Gasteiger partial charge is 0.325 e. The highest BCUT2D eigenvalue weighted by Crippen LogP contribution is 2.09. The molecular formula is C13H25NO3. The van der Waals surface area contributed by atoms with E-state index in [1.54, 1.807) is 11.8 Å². The molecule has 0 aromatic rings. The van der Waals surface area contributed by atoms with E-state index in [0.717, 1.165) is 6.42 Å². The Bertz CT molecular complexity index is 249. The zero-order valence-corrected chi connectivity index (χ0v) is 11.7. The van der Waals surface area contributed by atoms with E-state index in [1.165, 1.54) is 0 Å². The number of ether oxygens (including phenoxy) is 1. The molecule has 4 heteroatoms. The van der Waals surface area contributed by atoms with Crippen molar-refractivity contribution >= 4 is 11.9 Å². The number of hydrogen-bond donors (Lipinski definition) is 0. The third-order valence-corrected chi connectivity index (χ3v) is 2.48. The van der Waals surface area contributed by atoms with Gasteiger partial charge in [0.15, 0.2) is 0 Å². The molecule has 0 atom stereocenters. The molecule has 0 fully saturated rings. The van der Waals surface area contributed by atoms with Gasteiger partial charge in [-0.3, -0.25) is 9.59 Å². The highest BCUT2D eigenvalue weighted by atomic mass is 16.5. The standard InChI is InChI=1S/C13H25NO3/c1-6-17-13(16)9-14(11(4)5)12(15)8-7-10(2)3/h10-11H,6-9H2,1-5H3. The van der Waals surface area contributed by atoms with Crippen LogP contribution in [0, 0.1) is 5.92 Å². The molecule has 1 amide bonds. The van der Waals surface area contributed by atoms with Crippen LogP contribution in [0.2, 0.25) is 0 Å². The van der Waals surface area contributed by atoms with Crippen LogP contribution in [-0.2, 0) is 14.3 Å². The number of carbonyl (C=O) groups is 2. The highest BCUT2D eigenvalue weighted by molar-refractivity contribution is 5.82. The second kappa shape index (κ2) is 8.09. The van der Waals surface area contributed by atoms with Gasteiger partial charge in [0.05, 0.1) is 6.61 Å². The van der Waals surface area contributed by atoms with Crippen molar-refractivity contribution in [2.45, 2.75) is 53.5 Å². The molecule has 0 N–H and O–H groups in total. The summed E-state index contributed by atoms with van der Waals surface area (Å²) < 4.78 is 4.87. The summed E-state index contributed by atoms with van der Waals surface area (Å²) in [5.74, 6) is 0.191. The number of amides is 1. The summed E-state index contributed by atoms with van der Waals surface area (Å²) in [6.07, 6.45) is 1.35. The SMILES string of the molecule is CCOC(=O)CN(C(=O)CCC(C)C)C(C)C. The summed E-state index contributed by atoms with van der Waals surface area (Å²) in [6, 6.07) is 0.0269. The average molecular weight is 243 g/mol. The Labute approximate surface area is 104 Å². The van der Waals surface area contributed by atoms with Crippen molar-refractivity contribution in [2.75, 3.05) is 13.2 Å². The first kappa shape index (κ1) is 15.9. The first-order chi connectivity index (χ1) is 7.88. The van der Waals surface area contributed by atoms with Crippen molar-refractivity contribution in [3.63, 3.8) is 0 Å². The van der Waals surface area contributed by atoms with Crippen LogP contribution in [0.1, 0.15) is 47.5 Å². The van der Waals surface area contributed by atoms with Crippen molar-refractivity contribution < 1.29 is 14.3 Å². The molecule has 0 aliphatic carbocycles. The quantitative estimate of drug-likeness (QED) is 0.644. The summed E-state index contributed by atoms with van der Waals surface area (Å²) in [5.41, 5.74) is 0. The van der Waals surface area contributed by atoms with Crippen LogP contribution in [0.15, 0.2) is 0 Å². The molecule has 0 rings (SSSR count). The second-order valence-corrected chi connectivity index (χ2v) is 4.85. The summed E-state index contributed by atoms with van der Waals surface area (Å²) in [4.78, 5) is 24.9. The van der Waals surface area contributed by atoms with Crippen LogP contribution in [-0.4, -0.2) is 36.0 Å². The van der Waals surface area contributed by atoms with Crippen molar-refractivity contribution in [2.24, 2.45) is 5.92 Å². The lowest BCUT2D eigenvalue weighted by Crippen LogP contribution is -2.41. The fraction of sp³-hybridized carbons (Fsp3) is 0.846. The summed E-state index contributed by atoms with van der Waals surface area (Å²) in [7, 11) is 0. The van der Waals surface area contributed by atoms with E-state index < -0.39 is 0 Å². The Kier molecular flexibility index (Phi) is 7.59. The summed E-state index contributed by atoms with van der Waals surface area (Å²) in [5, 5.41) is 0. The maximum absolute atomic E-state index is 11.9. The fourth-order valence-corrected chi connectivity index (χ4v) is 1.46. The van der Waals surface area contributed by atoms with Gasteiger partial charge >= 0.3 is 5.97 Å². The summed E-state index contributed by atoms with van der Waals surface area (Å²) in [6.45, 7) is 10.2. The molecule has 0 spiro atoms. The number of carbonyl (C=O) groups excluding carboxylic acids is 2. The molecule has 0 aliphatic rings. The molecule has 17 heavy (non-hydrogen) atoms. The van der Waals surface area contributed by atoms with Crippen LogP contribution >= 0.6 is 0 Å². The number of hydrogen-bond acceptors (Lipinski definition) is 3. The molecular weight excluding hydrogens is 218 g/mol. The minimum atomic E-state index is -0.334. The Hall–Kier alpha value is -1.06. The zero-order valence-electron chi connectivity index (χ0n) is 11.7. The Balaban J connectivity index is 4.31. The topological polar surface area (TPSA) is 46.6 Å². The van der Waals surface area contributed by atoms with E-state index in [4.69, 9.17) is 4.74 Å². The third kappa shape index (κ3) is 6.97. The highest BCUT2D eigenvalue weighted by Gasteiger charge is 2.20. The maximum atomic E-state index is 11.9. The van der Waals surface area contributed by atoms with Gasteiger partial charge < -0.3 is 9.64 Å². The van der Waals surface area contributed by atoms with Crippen LogP contribution in [0.4, 0.5) is 0 Å². The van der Waals surface area contributed by atoms with Gasteiger partial charge in [-0.1, -0.05) is 13.8 Å². The molecule has 0 aromatic heterocycles. The van der Waals surface area contributed by atoms with Gasteiger partial charge in [-0.15, -0.1) is 0 Å². The molecule has 0 bridgehead atoms. The van der Waals surface area contributed by atoms with E-state index in [1.807, 2.05) is 13.8 Å². The van der Waals surface area contributed by atoms with E-state index >= 15 is 0 Å². The molecule has 0 heterocycles. The molecule has 4 nitrogen and oxygen atoms in total. The Morgan fingerprint density at radius 2 is 1.76 bits per heavy atom. The lowest BCUT2D eigenvalue weighted by Gasteiger charge is -2.26.